The molecule has 0 amide bonds. The van der Waals surface area contributed by atoms with Crippen molar-refractivity contribution in [3.05, 3.63) is 63.9 Å². The molecule has 0 aliphatic heterocycles. The number of nitrogens with one attached hydrogen (secondary N) is 1. The van der Waals surface area contributed by atoms with Crippen LogP contribution in [0.1, 0.15) is 11.4 Å². The van der Waals surface area contributed by atoms with Crippen molar-refractivity contribution in [1.82, 2.24) is 4.98 Å². The summed E-state index contributed by atoms with van der Waals surface area (Å²) in [4.78, 5) is 3.38. The maximum Gasteiger partial charge on any atom is 0.252 e. The first-order chi connectivity index (χ1) is 9.15. The quantitative estimate of drug-likeness (QED) is 0.686. The van der Waals surface area contributed by atoms with E-state index in [9.17, 15) is 0 Å². The molecule has 1 heterocycles. The predicted octanol–water partition coefficient (Wildman–Crippen LogP) is 4.12. The molecule has 0 unspecified atom stereocenters. The number of benzene rings is 2. The fourth-order valence-electron chi connectivity index (χ4n) is 2.28. The van der Waals surface area contributed by atoms with Crippen molar-refractivity contribution in [2.45, 2.75) is 13.5 Å². The number of rotatable bonds is 2. The number of imidazole rings is 1. The van der Waals surface area contributed by atoms with Gasteiger partial charge in [-0.3, -0.25) is 0 Å². The zero-order chi connectivity index (χ0) is 13.4. The molecule has 0 atom stereocenters. The number of fused-ring (bicyclic) bond motifs is 1. The molecule has 0 fully saturated rings. The van der Waals surface area contributed by atoms with E-state index in [4.69, 9.17) is 23.2 Å². The normalized spacial score (nSPS) is 11.1. The number of para-hydroxylation sites is 2. The summed E-state index contributed by atoms with van der Waals surface area (Å²) in [6.07, 6.45) is 0. The zero-order valence-electron chi connectivity index (χ0n) is 10.5. The van der Waals surface area contributed by atoms with Gasteiger partial charge in [-0.05, 0) is 29.8 Å². The molecule has 0 aliphatic carbocycles. The molecule has 0 spiro atoms. The third-order valence-corrected chi connectivity index (χ3v) is 3.98. The van der Waals surface area contributed by atoms with Crippen LogP contribution in [0, 0.1) is 6.92 Å². The van der Waals surface area contributed by atoms with E-state index in [0.717, 1.165) is 23.4 Å². The molecule has 0 radical (unpaired) electrons. The Morgan fingerprint density at radius 3 is 2.63 bits per heavy atom. The van der Waals surface area contributed by atoms with E-state index in [2.05, 4.69) is 28.6 Å². The number of halogens is 2. The van der Waals surface area contributed by atoms with Gasteiger partial charge in [-0.25, -0.2) is 9.55 Å². The number of H-pyrrole nitrogens is 1. The Balaban J connectivity index is 2.05. The van der Waals surface area contributed by atoms with Crippen LogP contribution in [-0.4, -0.2) is 4.98 Å². The molecule has 3 rings (SSSR count). The van der Waals surface area contributed by atoms with Crippen LogP contribution in [0.5, 0.6) is 0 Å². The van der Waals surface area contributed by atoms with Crippen molar-refractivity contribution >= 4 is 34.2 Å². The molecule has 0 aliphatic rings. The van der Waals surface area contributed by atoms with Gasteiger partial charge in [0, 0.05) is 6.92 Å². The third-order valence-electron chi connectivity index (χ3n) is 3.24. The molecule has 3 aromatic rings. The van der Waals surface area contributed by atoms with E-state index in [0.29, 0.717) is 10.0 Å². The Labute approximate surface area is 121 Å². The van der Waals surface area contributed by atoms with Gasteiger partial charge in [-0.2, -0.15) is 0 Å². The summed E-state index contributed by atoms with van der Waals surface area (Å²) in [5, 5.41) is 1.18. The highest BCUT2D eigenvalue weighted by molar-refractivity contribution is 6.42. The van der Waals surface area contributed by atoms with Crippen molar-refractivity contribution in [1.29, 1.82) is 0 Å². The second kappa shape index (κ2) is 4.87. The van der Waals surface area contributed by atoms with Crippen LogP contribution >= 0.6 is 23.2 Å². The van der Waals surface area contributed by atoms with Gasteiger partial charge >= 0.3 is 0 Å². The summed E-state index contributed by atoms with van der Waals surface area (Å²) < 4.78 is 2.23. The minimum atomic E-state index is 0.589. The summed E-state index contributed by atoms with van der Waals surface area (Å²) in [5.41, 5.74) is 3.46. The number of hydrogen-bond acceptors (Lipinski definition) is 0. The van der Waals surface area contributed by atoms with Gasteiger partial charge in [0.1, 0.15) is 6.54 Å². The molecule has 4 heteroatoms. The molecule has 1 N–H and O–H groups in total. The lowest BCUT2D eigenvalue weighted by Crippen LogP contribution is -2.36. The van der Waals surface area contributed by atoms with Gasteiger partial charge in [-0.1, -0.05) is 41.4 Å². The SMILES string of the molecule is Cc1[nH]c2ccccc2[n+]1Cc1ccc(Cl)c(Cl)c1. The summed E-state index contributed by atoms with van der Waals surface area (Å²) >= 11 is 12.0. The first-order valence-electron chi connectivity index (χ1n) is 6.06. The van der Waals surface area contributed by atoms with Crippen LogP contribution in [0.4, 0.5) is 0 Å². The number of hydrogen-bond donors (Lipinski definition) is 1. The first-order valence-corrected chi connectivity index (χ1v) is 6.82. The number of aryl methyl sites for hydroxylation is 1. The lowest BCUT2D eigenvalue weighted by atomic mass is 10.2. The molecular formula is C15H13Cl2N2+. The van der Waals surface area contributed by atoms with Crippen LogP contribution in [0.15, 0.2) is 42.5 Å². The minimum Gasteiger partial charge on any atom is -0.241 e. The van der Waals surface area contributed by atoms with Gasteiger partial charge in [-0.15, -0.1) is 0 Å². The molecule has 0 saturated carbocycles. The Kier molecular flexibility index (Phi) is 3.21. The van der Waals surface area contributed by atoms with Crippen LogP contribution < -0.4 is 4.57 Å². The second-order valence-corrected chi connectivity index (χ2v) is 5.38. The maximum atomic E-state index is 6.06. The van der Waals surface area contributed by atoms with Gasteiger partial charge < -0.3 is 0 Å². The molecule has 0 saturated heterocycles. The Morgan fingerprint density at radius 2 is 1.84 bits per heavy atom. The Morgan fingerprint density at radius 1 is 1.05 bits per heavy atom. The summed E-state index contributed by atoms with van der Waals surface area (Å²) in [7, 11) is 0. The minimum absolute atomic E-state index is 0.589. The highest BCUT2D eigenvalue weighted by atomic mass is 35.5. The van der Waals surface area contributed by atoms with Gasteiger partial charge in [0.05, 0.1) is 10.0 Å². The van der Waals surface area contributed by atoms with Crippen molar-refractivity contribution < 1.29 is 4.57 Å². The highest BCUT2D eigenvalue weighted by Gasteiger charge is 2.14. The third kappa shape index (κ3) is 2.34. The van der Waals surface area contributed by atoms with Crippen LogP contribution in [0.25, 0.3) is 11.0 Å². The fraction of sp³-hybridized carbons (Fsp3) is 0.133. The van der Waals surface area contributed by atoms with Crippen molar-refractivity contribution in [2.24, 2.45) is 0 Å². The topological polar surface area (TPSA) is 19.7 Å². The van der Waals surface area contributed by atoms with Crippen LogP contribution in [0.2, 0.25) is 10.0 Å². The molecular weight excluding hydrogens is 279 g/mol. The van der Waals surface area contributed by atoms with Crippen molar-refractivity contribution in [3.8, 4) is 0 Å². The summed E-state index contributed by atoms with van der Waals surface area (Å²) in [5.74, 6) is 1.12. The standard InChI is InChI=1S/C15H12Cl2N2/c1-10-18-14-4-2-3-5-15(14)19(10)9-11-6-7-12(16)13(17)8-11/h2-8H,9H2,1H3/p+1. The lowest BCUT2D eigenvalue weighted by molar-refractivity contribution is -0.668. The number of aromatic amines is 1. The number of aromatic nitrogens is 2. The van der Waals surface area contributed by atoms with E-state index in [1.165, 1.54) is 5.52 Å². The average molecular weight is 292 g/mol. The molecule has 19 heavy (non-hydrogen) atoms. The molecule has 2 nitrogen and oxygen atoms in total. The van der Waals surface area contributed by atoms with Crippen LogP contribution in [-0.2, 0) is 6.54 Å². The lowest BCUT2D eigenvalue weighted by Gasteiger charge is -2.02. The van der Waals surface area contributed by atoms with Gasteiger partial charge in [0.2, 0.25) is 0 Å². The summed E-state index contributed by atoms with van der Waals surface area (Å²) in [6.45, 7) is 2.84. The van der Waals surface area contributed by atoms with E-state index >= 15 is 0 Å². The van der Waals surface area contributed by atoms with Gasteiger partial charge in [0.25, 0.3) is 5.82 Å². The van der Waals surface area contributed by atoms with E-state index in [-0.39, 0.29) is 0 Å². The number of nitrogens with zero attached hydrogens (tertiary/aromatic N) is 1. The monoisotopic (exact) mass is 291 g/mol. The van der Waals surface area contributed by atoms with Gasteiger partial charge in [0.15, 0.2) is 11.0 Å². The first kappa shape index (κ1) is 12.5. The molecule has 2 aromatic carbocycles. The molecule has 0 bridgehead atoms. The second-order valence-electron chi connectivity index (χ2n) is 4.56. The van der Waals surface area contributed by atoms with Crippen molar-refractivity contribution in [3.63, 3.8) is 0 Å². The smallest absolute Gasteiger partial charge is 0.241 e. The Hall–Kier alpha value is -1.51. The van der Waals surface area contributed by atoms with E-state index < -0.39 is 0 Å². The Bertz CT molecular complexity index is 747. The summed E-state index contributed by atoms with van der Waals surface area (Å²) in [6, 6.07) is 14.0. The average Bonchev–Trinajstić information content (AvgIpc) is 2.71. The van der Waals surface area contributed by atoms with E-state index in [1.54, 1.807) is 0 Å². The maximum absolute atomic E-state index is 6.06. The zero-order valence-corrected chi connectivity index (χ0v) is 12.0. The predicted molar refractivity (Wildman–Crippen MR) is 78.8 cm³/mol. The molecule has 1 aromatic heterocycles. The fourth-order valence-corrected chi connectivity index (χ4v) is 2.60. The van der Waals surface area contributed by atoms with Crippen molar-refractivity contribution in [2.75, 3.05) is 0 Å². The van der Waals surface area contributed by atoms with E-state index in [1.807, 2.05) is 30.3 Å². The van der Waals surface area contributed by atoms with Crippen LogP contribution in [0.3, 0.4) is 0 Å². The highest BCUT2D eigenvalue weighted by Crippen LogP contribution is 2.22. The molecule has 96 valence electrons. The largest absolute Gasteiger partial charge is 0.252 e.